The molecule has 6 rings (SSSR count). The molecule has 53 heavy (non-hydrogen) atoms. The van der Waals surface area contributed by atoms with Gasteiger partial charge in [0, 0.05) is 57.7 Å². The van der Waals surface area contributed by atoms with Crippen LogP contribution in [0.3, 0.4) is 0 Å². The van der Waals surface area contributed by atoms with Gasteiger partial charge < -0.3 is 24.7 Å². The number of hydrazine groups is 1. The summed E-state index contributed by atoms with van der Waals surface area (Å²) >= 11 is 0. The number of hydrogen-bond donors (Lipinski definition) is 1. The molecule has 1 aromatic heterocycles. The van der Waals surface area contributed by atoms with Crippen LogP contribution in [-0.4, -0.2) is 143 Å². The van der Waals surface area contributed by atoms with E-state index in [1.54, 1.807) is 16.1 Å². The number of piperazine rings is 1. The van der Waals surface area contributed by atoms with Crippen molar-refractivity contribution in [2.24, 2.45) is 0 Å². The van der Waals surface area contributed by atoms with Crippen LogP contribution in [-0.2, 0) is 33.8 Å². The Balaban J connectivity index is 1.28. The van der Waals surface area contributed by atoms with Gasteiger partial charge in [0.05, 0.1) is 25.3 Å². The first-order chi connectivity index (χ1) is 25.4. The lowest BCUT2D eigenvalue weighted by Gasteiger charge is -2.55. The van der Waals surface area contributed by atoms with Gasteiger partial charge in [0.1, 0.15) is 23.8 Å². The number of pyridine rings is 1. The molecule has 0 radical (unpaired) electrons. The summed E-state index contributed by atoms with van der Waals surface area (Å²) in [5.41, 5.74) is 1.55. The molecule has 0 aliphatic carbocycles. The van der Waals surface area contributed by atoms with Gasteiger partial charge in [-0.3, -0.25) is 19.3 Å². The van der Waals surface area contributed by atoms with E-state index >= 15 is 8.78 Å². The van der Waals surface area contributed by atoms with Gasteiger partial charge in [-0.15, -0.1) is 6.58 Å². The molecule has 0 saturated carbocycles. The van der Waals surface area contributed by atoms with Crippen LogP contribution in [0.15, 0.2) is 73.3 Å². The third-order valence-corrected chi connectivity index (χ3v) is 10.3. The number of halogens is 2. The largest absolute Gasteiger partial charge is 0.508 e. The Labute approximate surface area is 309 Å². The minimum absolute atomic E-state index is 0.0211. The predicted octanol–water partition coefficient (Wildman–Crippen LogP) is 2.73. The van der Waals surface area contributed by atoms with E-state index in [-0.39, 0.29) is 74.0 Å². The Bertz CT molecular complexity index is 1810. The molecule has 2 atom stereocenters. The summed E-state index contributed by atoms with van der Waals surface area (Å²) in [5, 5.41) is 13.0. The van der Waals surface area contributed by atoms with E-state index in [0.29, 0.717) is 25.2 Å². The smallest absolute Gasteiger partial charge is 0.246 e. The summed E-state index contributed by atoms with van der Waals surface area (Å²) in [6.45, 7) is 6.81. The standard InChI is InChI=1S/C39H48F2N8O4/c1-5-17-47-26-37(52)48-34(20-28-12-14-31(50)21-33(28)41)39(53)46(25-35(48)49(47)36(51)16-11-27-9-7-6-8-10-27)22-29-13-15-32(40)38(42-29)45-23-30(24-45)44(4)19-18-43(2)3/h5-10,12-15,21,30,34-35,50H,1,11,16-20,22-26H2,2-4H3/t34-,35?/m0/s1. The van der Waals surface area contributed by atoms with E-state index in [2.05, 4.69) is 28.4 Å². The number of anilines is 1. The Kier molecular flexibility index (Phi) is 11.7. The number of fused-ring (bicyclic) bond motifs is 1. The molecule has 3 amide bonds. The zero-order valence-corrected chi connectivity index (χ0v) is 30.6. The van der Waals surface area contributed by atoms with Crippen molar-refractivity contribution in [3.8, 4) is 5.75 Å². The molecule has 282 valence electrons. The van der Waals surface area contributed by atoms with E-state index in [1.165, 1.54) is 34.1 Å². The number of phenols is 1. The maximum atomic E-state index is 15.2. The van der Waals surface area contributed by atoms with Crippen LogP contribution >= 0.6 is 0 Å². The van der Waals surface area contributed by atoms with Crippen molar-refractivity contribution in [3.63, 3.8) is 0 Å². The number of likely N-dealkylation sites (N-methyl/N-ethyl adjacent to an activating group) is 2. The Hall–Kier alpha value is -4.92. The van der Waals surface area contributed by atoms with Crippen molar-refractivity contribution < 1.29 is 28.3 Å². The molecule has 3 aromatic rings. The average molecular weight is 731 g/mol. The van der Waals surface area contributed by atoms with Gasteiger partial charge in [-0.1, -0.05) is 42.5 Å². The number of benzene rings is 2. The molecule has 3 saturated heterocycles. The number of aryl methyl sites for hydroxylation is 1. The SMILES string of the molecule is C=CCN1CC(=O)N2C(CN(Cc3ccc(F)c(N4CC(N(C)CCN(C)C)C4)n3)C(=O)[C@@H]2Cc2ccc(O)cc2F)N1C(=O)CCc1ccccc1. The molecular weight excluding hydrogens is 682 g/mol. The van der Waals surface area contributed by atoms with Gasteiger partial charge in [0.2, 0.25) is 17.7 Å². The van der Waals surface area contributed by atoms with Gasteiger partial charge in [0.15, 0.2) is 11.6 Å². The molecule has 12 nitrogen and oxygen atoms in total. The topological polar surface area (TPSA) is 107 Å². The minimum atomic E-state index is -1.16. The molecular formula is C39H48F2N8O4. The van der Waals surface area contributed by atoms with Gasteiger partial charge in [0.25, 0.3) is 0 Å². The Morgan fingerprint density at radius 3 is 2.45 bits per heavy atom. The number of carbonyl (C=O) groups is 3. The second-order valence-electron chi connectivity index (χ2n) is 14.3. The fourth-order valence-corrected chi connectivity index (χ4v) is 7.25. The van der Waals surface area contributed by atoms with Gasteiger partial charge in [-0.2, -0.15) is 0 Å². The van der Waals surface area contributed by atoms with Crippen molar-refractivity contribution in [2.75, 3.05) is 71.9 Å². The first-order valence-corrected chi connectivity index (χ1v) is 18.0. The van der Waals surface area contributed by atoms with E-state index in [1.807, 2.05) is 49.3 Å². The van der Waals surface area contributed by atoms with Crippen LogP contribution in [0.5, 0.6) is 5.75 Å². The van der Waals surface area contributed by atoms with E-state index < -0.39 is 29.7 Å². The molecule has 0 bridgehead atoms. The first-order valence-electron chi connectivity index (χ1n) is 18.0. The van der Waals surface area contributed by atoms with Crippen LogP contribution in [0.2, 0.25) is 0 Å². The number of hydrogen-bond acceptors (Lipinski definition) is 9. The minimum Gasteiger partial charge on any atom is -0.508 e. The maximum absolute atomic E-state index is 15.2. The highest BCUT2D eigenvalue weighted by molar-refractivity contribution is 5.92. The summed E-state index contributed by atoms with van der Waals surface area (Å²) < 4.78 is 30.4. The normalized spacial score (nSPS) is 19.6. The summed E-state index contributed by atoms with van der Waals surface area (Å²) in [5.74, 6) is -2.32. The van der Waals surface area contributed by atoms with Crippen molar-refractivity contribution in [1.82, 2.24) is 34.6 Å². The average Bonchev–Trinajstić information content (AvgIpc) is 3.10. The lowest BCUT2D eigenvalue weighted by Crippen LogP contribution is -2.76. The number of aromatic hydroxyl groups is 1. The molecule has 3 aliphatic heterocycles. The quantitative estimate of drug-likeness (QED) is 0.251. The number of amides is 3. The summed E-state index contributed by atoms with van der Waals surface area (Å²) in [6.07, 6.45) is 1.13. The third-order valence-electron chi connectivity index (χ3n) is 10.3. The fraction of sp³-hybridized carbons (Fsp3) is 0.436. The number of nitrogens with zero attached hydrogens (tertiary/aromatic N) is 8. The monoisotopic (exact) mass is 730 g/mol. The summed E-state index contributed by atoms with van der Waals surface area (Å²) in [4.78, 5) is 56.2. The lowest BCUT2D eigenvalue weighted by atomic mass is 9.97. The number of aromatic nitrogens is 1. The fourth-order valence-electron chi connectivity index (χ4n) is 7.25. The highest BCUT2D eigenvalue weighted by atomic mass is 19.1. The Morgan fingerprint density at radius 1 is 1.00 bits per heavy atom. The molecule has 14 heteroatoms. The van der Waals surface area contributed by atoms with Crippen LogP contribution in [0.25, 0.3) is 0 Å². The van der Waals surface area contributed by atoms with Crippen LogP contribution in [0.4, 0.5) is 14.6 Å². The van der Waals surface area contributed by atoms with E-state index in [4.69, 9.17) is 0 Å². The zero-order valence-electron chi connectivity index (χ0n) is 30.6. The van der Waals surface area contributed by atoms with Crippen LogP contribution in [0, 0.1) is 11.6 Å². The number of phenolic OH excluding ortho intramolecular Hbond substituents is 1. The molecule has 3 fully saturated rings. The van der Waals surface area contributed by atoms with Crippen molar-refractivity contribution in [3.05, 3.63) is 102 Å². The van der Waals surface area contributed by atoms with Crippen LogP contribution in [0.1, 0.15) is 23.2 Å². The highest BCUT2D eigenvalue weighted by Gasteiger charge is 2.51. The molecule has 1 N–H and O–H groups in total. The first kappa shape index (κ1) is 37.8. The van der Waals surface area contributed by atoms with Gasteiger partial charge in [-0.05, 0) is 56.9 Å². The number of carbonyl (C=O) groups excluding carboxylic acids is 3. The highest BCUT2D eigenvalue weighted by Crippen LogP contribution is 2.31. The second-order valence-corrected chi connectivity index (χ2v) is 14.3. The van der Waals surface area contributed by atoms with Crippen molar-refractivity contribution >= 4 is 23.5 Å². The second kappa shape index (κ2) is 16.4. The van der Waals surface area contributed by atoms with Crippen LogP contribution < -0.4 is 4.90 Å². The number of rotatable bonds is 14. The summed E-state index contributed by atoms with van der Waals surface area (Å²) in [6, 6.07) is 15.3. The Morgan fingerprint density at radius 2 is 1.75 bits per heavy atom. The molecule has 4 heterocycles. The molecule has 0 spiro atoms. The van der Waals surface area contributed by atoms with E-state index in [9.17, 15) is 19.5 Å². The van der Waals surface area contributed by atoms with E-state index in [0.717, 1.165) is 24.7 Å². The van der Waals surface area contributed by atoms with Crippen molar-refractivity contribution in [2.45, 2.75) is 44.1 Å². The molecule has 3 aliphatic rings. The molecule has 1 unspecified atom stereocenters. The predicted molar refractivity (Wildman–Crippen MR) is 196 cm³/mol. The van der Waals surface area contributed by atoms with Gasteiger partial charge >= 0.3 is 0 Å². The zero-order chi connectivity index (χ0) is 37.8. The maximum Gasteiger partial charge on any atom is 0.246 e. The lowest BCUT2D eigenvalue weighted by molar-refractivity contribution is -0.205. The van der Waals surface area contributed by atoms with Crippen molar-refractivity contribution in [1.29, 1.82) is 0 Å². The van der Waals surface area contributed by atoms with Gasteiger partial charge in [-0.25, -0.2) is 23.8 Å². The summed E-state index contributed by atoms with van der Waals surface area (Å²) in [7, 11) is 6.10. The molecule has 2 aromatic carbocycles. The third kappa shape index (κ3) is 8.50.